The lowest BCUT2D eigenvalue weighted by Gasteiger charge is -2.18. The maximum Gasteiger partial charge on any atom is 0.249 e. The van der Waals surface area contributed by atoms with Crippen molar-refractivity contribution in [3.8, 4) is 0 Å². The van der Waals surface area contributed by atoms with Crippen molar-refractivity contribution in [1.82, 2.24) is 0 Å². The summed E-state index contributed by atoms with van der Waals surface area (Å²) in [5.41, 5.74) is 3.52. The fraction of sp³-hybridized carbons (Fsp3) is 0.778. The zero-order valence-corrected chi connectivity index (χ0v) is 8.17. The van der Waals surface area contributed by atoms with Gasteiger partial charge in [-0.3, -0.25) is 4.79 Å². The fourth-order valence-corrected chi connectivity index (χ4v) is 0.966. The molecule has 1 atom stereocenters. The highest BCUT2D eigenvalue weighted by molar-refractivity contribution is 5.82. The Morgan fingerprint density at radius 3 is 2.31 bits per heavy atom. The Morgan fingerprint density at radius 1 is 1.38 bits per heavy atom. The van der Waals surface area contributed by atoms with E-state index in [9.17, 15) is 14.7 Å². The first-order valence-corrected chi connectivity index (χ1v) is 4.38. The second-order valence-corrected chi connectivity index (χ2v) is 3.55. The van der Waals surface area contributed by atoms with Crippen LogP contribution in [-0.4, -0.2) is 22.4 Å². The van der Waals surface area contributed by atoms with Crippen molar-refractivity contribution >= 4 is 11.7 Å². The summed E-state index contributed by atoms with van der Waals surface area (Å²) in [6.45, 7) is 2.91. The lowest BCUT2D eigenvalue weighted by atomic mass is 9.97. The number of hydrogen-bond donors (Lipinski definition) is 2. The second kappa shape index (κ2) is 4.97. The Hall–Kier alpha value is -0.900. The van der Waals surface area contributed by atoms with Crippen molar-refractivity contribution in [2.24, 2.45) is 5.73 Å². The average molecular weight is 187 g/mol. The van der Waals surface area contributed by atoms with Gasteiger partial charge in [0, 0.05) is 6.42 Å². The molecule has 4 heteroatoms. The van der Waals surface area contributed by atoms with Gasteiger partial charge in [0.1, 0.15) is 11.4 Å². The van der Waals surface area contributed by atoms with E-state index in [1.165, 1.54) is 13.8 Å². The van der Waals surface area contributed by atoms with Crippen LogP contribution < -0.4 is 5.73 Å². The van der Waals surface area contributed by atoms with E-state index in [1.807, 2.05) is 0 Å². The van der Waals surface area contributed by atoms with Crippen molar-refractivity contribution in [2.75, 3.05) is 0 Å². The van der Waals surface area contributed by atoms with E-state index in [0.29, 0.717) is 25.7 Å². The van der Waals surface area contributed by atoms with Gasteiger partial charge in [-0.25, -0.2) is 0 Å². The predicted molar refractivity (Wildman–Crippen MR) is 49.0 cm³/mol. The van der Waals surface area contributed by atoms with E-state index in [-0.39, 0.29) is 5.78 Å². The molecule has 76 valence electrons. The molecule has 0 heterocycles. The molecule has 0 fully saturated rings. The Kier molecular flexibility index (Phi) is 4.62. The number of primary amides is 1. The van der Waals surface area contributed by atoms with Crippen molar-refractivity contribution < 1.29 is 14.7 Å². The summed E-state index contributed by atoms with van der Waals surface area (Å²) < 4.78 is 0. The van der Waals surface area contributed by atoms with Gasteiger partial charge in [-0.05, 0) is 33.1 Å². The van der Waals surface area contributed by atoms with Gasteiger partial charge in [0.15, 0.2) is 0 Å². The van der Waals surface area contributed by atoms with Crippen LogP contribution in [0.2, 0.25) is 0 Å². The van der Waals surface area contributed by atoms with Gasteiger partial charge in [-0.2, -0.15) is 0 Å². The number of unbranched alkanes of at least 4 members (excludes halogenated alkanes) is 1. The van der Waals surface area contributed by atoms with Gasteiger partial charge in [-0.1, -0.05) is 0 Å². The molecule has 3 N–H and O–H groups in total. The lowest BCUT2D eigenvalue weighted by Crippen LogP contribution is -2.40. The Balaban J connectivity index is 3.64. The van der Waals surface area contributed by atoms with Crippen LogP contribution in [0.25, 0.3) is 0 Å². The van der Waals surface area contributed by atoms with Gasteiger partial charge in [0.05, 0.1) is 0 Å². The lowest BCUT2D eigenvalue weighted by molar-refractivity contribution is -0.135. The van der Waals surface area contributed by atoms with Gasteiger partial charge in [0.2, 0.25) is 5.91 Å². The van der Waals surface area contributed by atoms with E-state index in [0.717, 1.165) is 0 Å². The summed E-state index contributed by atoms with van der Waals surface area (Å²) in [6.07, 6.45) is 2.14. The number of Topliss-reactive ketones (excluding diaryl/α,β-unsaturated/α-hetero) is 1. The zero-order valence-electron chi connectivity index (χ0n) is 8.17. The van der Waals surface area contributed by atoms with E-state index < -0.39 is 11.5 Å². The van der Waals surface area contributed by atoms with Crippen molar-refractivity contribution in [3.63, 3.8) is 0 Å². The quantitative estimate of drug-likeness (QED) is 0.589. The molecule has 0 aliphatic carbocycles. The van der Waals surface area contributed by atoms with E-state index >= 15 is 0 Å². The Bertz CT molecular complexity index is 199. The average Bonchev–Trinajstić information content (AvgIpc) is 1.97. The van der Waals surface area contributed by atoms with Crippen LogP contribution >= 0.6 is 0 Å². The van der Waals surface area contributed by atoms with Crippen LogP contribution in [0.1, 0.15) is 39.5 Å². The Morgan fingerprint density at radius 2 is 1.92 bits per heavy atom. The van der Waals surface area contributed by atoms with Crippen LogP contribution in [0.4, 0.5) is 0 Å². The van der Waals surface area contributed by atoms with Crippen molar-refractivity contribution in [2.45, 2.75) is 45.1 Å². The summed E-state index contributed by atoms with van der Waals surface area (Å²) in [4.78, 5) is 21.2. The number of ketones is 1. The van der Waals surface area contributed by atoms with Gasteiger partial charge in [0.25, 0.3) is 0 Å². The third-order valence-electron chi connectivity index (χ3n) is 1.97. The molecule has 0 saturated heterocycles. The summed E-state index contributed by atoms with van der Waals surface area (Å²) in [7, 11) is 0. The third-order valence-corrected chi connectivity index (χ3v) is 1.97. The molecule has 0 aromatic heterocycles. The molecule has 0 unspecified atom stereocenters. The van der Waals surface area contributed by atoms with Crippen LogP contribution in [0.15, 0.2) is 0 Å². The van der Waals surface area contributed by atoms with E-state index in [2.05, 4.69) is 0 Å². The Labute approximate surface area is 78.1 Å². The minimum absolute atomic E-state index is 0.124. The molecule has 0 rings (SSSR count). The van der Waals surface area contributed by atoms with Gasteiger partial charge < -0.3 is 15.6 Å². The zero-order chi connectivity index (χ0) is 10.5. The highest BCUT2D eigenvalue weighted by Gasteiger charge is 2.26. The maximum atomic E-state index is 10.7. The maximum absolute atomic E-state index is 10.7. The molecule has 4 nitrogen and oxygen atoms in total. The molecular weight excluding hydrogens is 170 g/mol. The number of hydrogen-bond acceptors (Lipinski definition) is 3. The van der Waals surface area contributed by atoms with Gasteiger partial charge in [-0.15, -0.1) is 0 Å². The first-order valence-electron chi connectivity index (χ1n) is 4.38. The normalized spacial score (nSPS) is 15.0. The van der Waals surface area contributed by atoms with Crippen LogP contribution in [0, 0.1) is 0 Å². The predicted octanol–water partition coefficient (Wildman–Crippen LogP) is 0.372. The number of carbonyl (C=O) groups excluding carboxylic acids is 2. The minimum Gasteiger partial charge on any atom is -0.380 e. The summed E-state index contributed by atoms with van der Waals surface area (Å²) in [6, 6.07) is 0. The number of amides is 1. The molecular formula is C9H17NO3. The summed E-state index contributed by atoms with van der Waals surface area (Å²) >= 11 is 0. The number of nitrogens with two attached hydrogens (primary N) is 1. The largest absolute Gasteiger partial charge is 0.380 e. The van der Waals surface area contributed by atoms with Crippen molar-refractivity contribution in [1.29, 1.82) is 0 Å². The minimum atomic E-state index is -1.43. The smallest absolute Gasteiger partial charge is 0.249 e. The molecule has 0 spiro atoms. The molecule has 13 heavy (non-hydrogen) atoms. The van der Waals surface area contributed by atoms with E-state index in [4.69, 9.17) is 5.73 Å². The molecule has 0 aromatic rings. The highest BCUT2D eigenvalue weighted by Crippen LogP contribution is 2.13. The first-order chi connectivity index (χ1) is 5.86. The van der Waals surface area contributed by atoms with Crippen LogP contribution in [-0.2, 0) is 9.59 Å². The van der Waals surface area contributed by atoms with Gasteiger partial charge >= 0.3 is 0 Å². The summed E-state index contributed by atoms with van der Waals surface area (Å²) in [5, 5.41) is 9.40. The number of rotatable bonds is 6. The van der Waals surface area contributed by atoms with Crippen LogP contribution in [0.3, 0.4) is 0 Å². The van der Waals surface area contributed by atoms with Crippen LogP contribution in [0.5, 0.6) is 0 Å². The molecule has 0 bridgehead atoms. The molecule has 0 aromatic carbocycles. The molecule has 1 amide bonds. The molecule has 0 aliphatic rings. The monoisotopic (exact) mass is 187 g/mol. The highest BCUT2D eigenvalue weighted by atomic mass is 16.3. The first kappa shape index (κ1) is 12.1. The van der Waals surface area contributed by atoms with E-state index in [1.54, 1.807) is 0 Å². The number of aliphatic hydroxyl groups is 1. The summed E-state index contributed by atoms with van der Waals surface area (Å²) in [5.74, 6) is -0.589. The fourth-order valence-electron chi connectivity index (χ4n) is 0.966. The molecule has 0 radical (unpaired) electrons. The second-order valence-electron chi connectivity index (χ2n) is 3.55. The molecule has 0 aliphatic heterocycles. The third kappa shape index (κ3) is 5.36. The molecule has 0 saturated carbocycles. The standard InChI is InChI=1S/C9H17NO3/c1-7(11)5-3-4-6-9(2,13)8(10)12/h13H,3-6H2,1-2H3,(H2,10,12)/t9-/m1/s1. The number of carbonyl (C=O) groups is 2. The van der Waals surface area contributed by atoms with Crippen molar-refractivity contribution in [3.05, 3.63) is 0 Å². The SMILES string of the molecule is CC(=O)CCCC[C@@](C)(O)C(N)=O. The topological polar surface area (TPSA) is 80.4 Å².